The van der Waals surface area contributed by atoms with Gasteiger partial charge in [0.15, 0.2) is 0 Å². The molecule has 2 aromatic carbocycles. The zero-order valence-corrected chi connectivity index (χ0v) is 14.4. The van der Waals surface area contributed by atoms with Crippen molar-refractivity contribution in [3.63, 3.8) is 0 Å². The number of carbonyl (C=O) groups is 1. The Balaban J connectivity index is 2.21. The van der Waals surface area contributed by atoms with E-state index < -0.39 is 10.0 Å². The maximum atomic E-state index is 12.5. The second-order valence-electron chi connectivity index (χ2n) is 5.21. The van der Waals surface area contributed by atoms with Gasteiger partial charge in [-0.1, -0.05) is 18.2 Å². The summed E-state index contributed by atoms with van der Waals surface area (Å²) in [5.74, 6) is -0.212. The second kappa shape index (κ2) is 7.94. The molecular weight excluding hydrogens is 328 g/mol. The monoisotopic (exact) mass is 348 g/mol. The van der Waals surface area contributed by atoms with Gasteiger partial charge in [0, 0.05) is 19.7 Å². The maximum Gasteiger partial charge on any atom is 0.261 e. The first-order valence-corrected chi connectivity index (χ1v) is 8.88. The lowest BCUT2D eigenvalue weighted by Crippen LogP contribution is -2.15. The Hall–Kier alpha value is -2.38. The topological polar surface area (TPSA) is 84.5 Å². The fourth-order valence-corrected chi connectivity index (χ4v) is 3.28. The summed E-state index contributed by atoms with van der Waals surface area (Å²) in [6.07, 6.45) is 0.608. The average Bonchev–Trinajstić information content (AvgIpc) is 2.54. The molecule has 0 fully saturated rings. The van der Waals surface area contributed by atoms with Gasteiger partial charge in [0.05, 0.1) is 17.2 Å². The first-order chi connectivity index (χ1) is 11.4. The largest absolute Gasteiger partial charge is 0.384 e. The predicted molar refractivity (Wildman–Crippen MR) is 93.6 cm³/mol. The van der Waals surface area contributed by atoms with E-state index in [2.05, 4.69) is 10.0 Å². The van der Waals surface area contributed by atoms with E-state index in [4.69, 9.17) is 4.74 Å². The predicted octanol–water partition coefficient (Wildman–Crippen LogP) is 2.63. The van der Waals surface area contributed by atoms with Crippen LogP contribution in [0.15, 0.2) is 53.4 Å². The van der Waals surface area contributed by atoms with Gasteiger partial charge in [-0.3, -0.25) is 9.52 Å². The van der Waals surface area contributed by atoms with Gasteiger partial charge in [0.1, 0.15) is 0 Å². The van der Waals surface area contributed by atoms with Crippen molar-refractivity contribution in [1.29, 1.82) is 0 Å². The smallest absolute Gasteiger partial charge is 0.261 e. The van der Waals surface area contributed by atoms with Crippen LogP contribution in [0, 0.1) is 0 Å². The first-order valence-electron chi connectivity index (χ1n) is 7.39. The number of hydrogen-bond donors (Lipinski definition) is 2. The van der Waals surface area contributed by atoms with Crippen LogP contribution in [-0.4, -0.2) is 28.0 Å². The van der Waals surface area contributed by atoms with Crippen LogP contribution in [0.3, 0.4) is 0 Å². The molecule has 24 heavy (non-hydrogen) atoms. The van der Waals surface area contributed by atoms with Crippen molar-refractivity contribution in [1.82, 2.24) is 0 Å². The van der Waals surface area contributed by atoms with Crippen molar-refractivity contribution in [2.24, 2.45) is 0 Å². The summed E-state index contributed by atoms with van der Waals surface area (Å²) < 4.78 is 32.7. The summed E-state index contributed by atoms with van der Waals surface area (Å²) in [6.45, 7) is 1.90. The van der Waals surface area contributed by atoms with Crippen LogP contribution in [0.5, 0.6) is 0 Å². The van der Waals surface area contributed by atoms with Gasteiger partial charge in [-0.2, -0.15) is 0 Å². The van der Waals surface area contributed by atoms with E-state index in [1.165, 1.54) is 19.1 Å². The number of nitrogens with one attached hydrogen (secondary N) is 2. The molecule has 0 bridgehead atoms. The average molecular weight is 348 g/mol. The number of amides is 1. The molecule has 128 valence electrons. The van der Waals surface area contributed by atoms with Gasteiger partial charge >= 0.3 is 0 Å². The summed E-state index contributed by atoms with van der Waals surface area (Å²) in [5.41, 5.74) is 1.93. The Labute approximate surface area is 141 Å². The lowest BCUT2D eigenvalue weighted by atomic mass is 10.1. The molecule has 0 atom stereocenters. The molecule has 0 saturated heterocycles. The molecule has 7 heteroatoms. The van der Waals surface area contributed by atoms with Crippen LogP contribution in [-0.2, 0) is 26.0 Å². The number of carbonyl (C=O) groups excluding carboxylic acids is 1. The number of rotatable bonds is 7. The second-order valence-corrected chi connectivity index (χ2v) is 6.89. The Morgan fingerprint density at radius 1 is 1.08 bits per heavy atom. The molecule has 2 N–H and O–H groups in total. The number of sulfonamides is 1. The molecule has 2 aromatic rings. The highest BCUT2D eigenvalue weighted by Crippen LogP contribution is 2.21. The Bertz CT molecular complexity index is 802. The van der Waals surface area contributed by atoms with Crippen molar-refractivity contribution in [3.05, 3.63) is 54.1 Å². The Kier molecular flexibility index (Phi) is 5.94. The lowest BCUT2D eigenvalue weighted by Gasteiger charge is -2.13. The number of methoxy groups -OCH3 is 1. The minimum atomic E-state index is -3.71. The third-order valence-electron chi connectivity index (χ3n) is 3.32. The van der Waals surface area contributed by atoms with Crippen LogP contribution < -0.4 is 10.0 Å². The van der Waals surface area contributed by atoms with E-state index in [1.807, 2.05) is 12.1 Å². The highest BCUT2D eigenvalue weighted by Gasteiger charge is 2.16. The van der Waals surface area contributed by atoms with Crippen LogP contribution in [0.1, 0.15) is 12.5 Å². The van der Waals surface area contributed by atoms with Crippen molar-refractivity contribution < 1.29 is 17.9 Å². The van der Waals surface area contributed by atoms with Gasteiger partial charge in [0.25, 0.3) is 10.0 Å². The molecule has 0 aliphatic rings. The standard InChI is InChI=1S/C17H20N2O4S/c1-13(20)18-15-7-9-16(10-8-15)24(21,22)19-17-6-4-3-5-14(17)11-12-23-2/h3-10,19H,11-12H2,1-2H3,(H,18,20). The van der Waals surface area contributed by atoms with Crippen LogP contribution in [0.25, 0.3) is 0 Å². The quantitative estimate of drug-likeness (QED) is 0.805. The fourth-order valence-electron chi connectivity index (χ4n) is 2.17. The molecule has 0 saturated carbocycles. The van der Waals surface area contributed by atoms with E-state index >= 15 is 0 Å². The summed E-state index contributed by atoms with van der Waals surface area (Å²) in [7, 11) is -2.11. The molecule has 2 rings (SSSR count). The van der Waals surface area contributed by atoms with Crippen molar-refractivity contribution in [3.8, 4) is 0 Å². The van der Waals surface area contributed by atoms with Gasteiger partial charge < -0.3 is 10.1 Å². The van der Waals surface area contributed by atoms with Crippen LogP contribution in [0.4, 0.5) is 11.4 Å². The highest BCUT2D eigenvalue weighted by molar-refractivity contribution is 7.92. The molecule has 0 aromatic heterocycles. The van der Waals surface area contributed by atoms with Gasteiger partial charge in [0.2, 0.25) is 5.91 Å². The van der Waals surface area contributed by atoms with E-state index in [-0.39, 0.29) is 10.8 Å². The summed E-state index contributed by atoms with van der Waals surface area (Å²) in [4.78, 5) is 11.1. The number of para-hydroxylation sites is 1. The van der Waals surface area contributed by atoms with E-state index in [1.54, 1.807) is 31.4 Å². The molecule has 0 aliphatic carbocycles. The Morgan fingerprint density at radius 3 is 2.38 bits per heavy atom. The summed E-state index contributed by atoms with van der Waals surface area (Å²) >= 11 is 0. The SMILES string of the molecule is COCCc1ccccc1NS(=O)(=O)c1ccc(NC(C)=O)cc1. The first kappa shape index (κ1) is 18.0. The molecule has 0 radical (unpaired) electrons. The molecule has 0 heterocycles. The van der Waals surface area contributed by atoms with E-state index in [0.717, 1.165) is 5.56 Å². The Morgan fingerprint density at radius 2 is 1.75 bits per heavy atom. The van der Waals surface area contributed by atoms with E-state index in [0.29, 0.717) is 24.4 Å². The van der Waals surface area contributed by atoms with Crippen molar-refractivity contribution in [2.45, 2.75) is 18.2 Å². The molecular formula is C17H20N2O4S. The zero-order chi connectivity index (χ0) is 17.6. The minimum absolute atomic E-state index is 0.123. The number of hydrogen-bond acceptors (Lipinski definition) is 4. The lowest BCUT2D eigenvalue weighted by molar-refractivity contribution is -0.114. The van der Waals surface area contributed by atoms with Crippen LogP contribution >= 0.6 is 0 Å². The number of anilines is 2. The third kappa shape index (κ3) is 4.81. The zero-order valence-electron chi connectivity index (χ0n) is 13.6. The molecule has 0 aliphatic heterocycles. The van der Waals surface area contributed by atoms with Crippen molar-refractivity contribution >= 4 is 27.3 Å². The molecule has 1 amide bonds. The molecule has 0 unspecified atom stereocenters. The van der Waals surface area contributed by atoms with Gasteiger partial charge in [-0.25, -0.2) is 8.42 Å². The summed E-state index contributed by atoms with van der Waals surface area (Å²) in [5, 5.41) is 2.60. The van der Waals surface area contributed by atoms with E-state index in [9.17, 15) is 13.2 Å². The molecule has 0 spiro atoms. The van der Waals surface area contributed by atoms with Crippen molar-refractivity contribution in [2.75, 3.05) is 23.8 Å². The third-order valence-corrected chi connectivity index (χ3v) is 4.70. The maximum absolute atomic E-state index is 12.5. The number of ether oxygens (including phenoxy) is 1. The normalized spacial score (nSPS) is 11.1. The minimum Gasteiger partial charge on any atom is -0.384 e. The van der Waals surface area contributed by atoms with Crippen LogP contribution in [0.2, 0.25) is 0 Å². The summed E-state index contributed by atoms with van der Waals surface area (Å²) in [6, 6.07) is 13.2. The van der Waals surface area contributed by atoms with Gasteiger partial charge in [-0.15, -0.1) is 0 Å². The number of benzene rings is 2. The highest BCUT2D eigenvalue weighted by atomic mass is 32.2. The fraction of sp³-hybridized carbons (Fsp3) is 0.235. The van der Waals surface area contributed by atoms with Gasteiger partial charge in [-0.05, 0) is 42.3 Å². The molecule has 6 nitrogen and oxygen atoms in total.